The smallest absolute Gasteiger partial charge is 0.124 e. The highest BCUT2D eigenvalue weighted by Gasteiger charge is 2.08. The molecule has 92 valence electrons. The van der Waals surface area contributed by atoms with E-state index >= 15 is 0 Å². The van der Waals surface area contributed by atoms with Crippen molar-refractivity contribution in [1.29, 1.82) is 5.26 Å². The molecule has 2 aromatic rings. The van der Waals surface area contributed by atoms with E-state index in [4.69, 9.17) is 5.26 Å². The topological polar surface area (TPSA) is 53.6 Å². The molecule has 0 aliphatic heterocycles. The summed E-state index contributed by atoms with van der Waals surface area (Å²) in [5.74, 6) is -0.406. The molecule has 0 saturated heterocycles. The van der Waals surface area contributed by atoms with Gasteiger partial charge in [0.25, 0.3) is 0 Å². The maximum atomic E-state index is 13.0. The Labute approximate surface area is 105 Å². The van der Waals surface area contributed by atoms with Crippen LogP contribution in [0.5, 0.6) is 0 Å². The molecule has 5 heteroatoms. The lowest BCUT2D eigenvalue weighted by Gasteiger charge is -2.16. The van der Waals surface area contributed by atoms with E-state index in [9.17, 15) is 4.39 Å². The van der Waals surface area contributed by atoms with Gasteiger partial charge in [-0.1, -0.05) is 0 Å². The Hall–Kier alpha value is -2.35. The van der Waals surface area contributed by atoms with E-state index < -0.39 is 5.82 Å². The Bertz CT molecular complexity index is 557. The van der Waals surface area contributed by atoms with Gasteiger partial charge in [0.1, 0.15) is 11.9 Å². The number of nitriles is 1. The number of nitrogens with zero attached hydrogens (tertiary/aromatic N) is 3. The monoisotopic (exact) mass is 244 g/mol. The largest absolute Gasteiger partial charge is 0.380 e. The van der Waals surface area contributed by atoms with Gasteiger partial charge in [-0.2, -0.15) is 10.4 Å². The molecule has 1 heterocycles. The molecule has 4 nitrogen and oxygen atoms in total. The van der Waals surface area contributed by atoms with Crippen LogP contribution in [-0.4, -0.2) is 15.8 Å². The Balaban J connectivity index is 2.07. The molecule has 0 fully saturated rings. The van der Waals surface area contributed by atoms with Gasteiger partial charge in [-0.05, 0) is 31.2 Å². The zero-order chi connectivity index (χ0) is 13.0. The highest BCUT2D eigenvalue weighted by atomic mass is 19.1. The zero-order valence-corrected chi connectivity index (χ0v) is 9.97. The molecule has 0 aliphatic rings. The third kappa shape index (κ3) is 2.86. The lowest BCUT2D eigenvalue weighted by atomic mass is 10.1. The molecule has 1 atom stereocenters. The standard InChI is InChI=1S/C13H13FN4/c1-10(9-18-6-2-5-16-18)17-13-4-3-12(14)7-11(13)8-15/h2-7,10,17H,9H2,1H3. The van der Waals surface area contributed by atoms with Gasteiger partial charge in [0.2, 0.25) is 0 Å². The van der Waals surface area contributed by atoms with Crippen LogP contribution in [-0.2, 0) is 6.54 Å². The molecule has 0 saturated carbocycles. The minimum Gasteiger partial charge on any atom is -0.380 e. The first-order valence-corrected chi connectivity index (χ1v) is 5.62. The first-order valence-electron chi connectivity index (χ1n) is 5.62. The summed E-state index contributed by atoms with van der Waals surface area (Å²) < 4.78 is 14.8. The van der Waals surface area contributed by atoms with Crippen LogP contribution in [0.3, 0.4) is 0 Å². The van der Waals surface area contributed by atoms with Crippen molar-refractivity contribution in [2.24, 2.45) is 0 Å². The van der Waals surface area contributed by atoms with Gasteiger partial charge in [0.05, 0.1) is 17.8 Å². The average Bonchev–Trinajstić information content (AvgIpc) is 2.84. The van der Waals surface area contributed by atoms with E-state index in [-0.39, 0.29) is 6.04 Å². The molecule has 1 aromatic carbocycles. The predicted octanol–water partition coefficient (Wildman–Crippen LogP) is 2.39. The fourth-order valence-corrected chi connectivity index (χ4v) is 1.73. The van der Waals surface area contributed by atoms with Crippen LogP contribution in [0.25, 0.3) is 0 Å². The van der Waals surface area contributed by atoms with Gasteiger partial charge in [-0.3, -0.25) is 4.68 Å². The van der Waals surface area contributed by atoms with Crippen LogP contribution in [0.15, 0.2) is 36.7 Å². The summed E-state index contributed by atoms with van der Waals surface area (Å²) in [5.41, 5.74) is 0.945. The fraction of sp³-hybridized carbons (Fsp3) is 0.231. The SMILES string of the molecule is CC(Cn1cccn1)Nc1ccc(F)cc1C#N. The van der Waals surface area contributed by atoms with Crippen molar-refractivity contribution >= 4 is 5.69 Å². The predicted molar refractivity (Wildman–Crippen MR) is 66.4 cm³/mol. The maximum Gasteiger partial charge on any atom is 0.124 e. The van der Waals surface area contributed by atoms with E-state index in [2.05, 4.69) is 10.4 Å². The molecule has 18 heavy (non-hydrogen) atoms. The van der Waals surface area contributed by atoms with Crippen LogP contribution in [0.2, 0.25) is 0 Å². The number of anilines is 1. The first-order chi connectivity index (χ1) is 8.69. The van der Waals surface area contributed by atoms with E-state index in [1.54, 1.807) is 16.9 Å². The number of aromatic nitrogens is 2. The lowest BCUT2D eigenvalue weighted by molar-refractivity contribution is 0.560. The van der Waals surface area contributed by atoms with E-state index in [0.717, 1.165) is 0 Å². The number of hydrogen-bond donors (Lipinski definition) is 1. The van der Waals surface area contributed by atoms with Crippen LogP contribution >= 0.6 is 0 Å². The summed E-state index contributed by atoms with van der Waals surface area (Å²) in [6.07, 6.45) is 3.58. The summed E-state index contributed by atoms with van der Waals surface area (Å²) >= 11 is 0. The van der Waals surface area contributed by atoms with Crippen LogP contribution in [0.1, 0.15) is 12.5 Å². The summed E-state index contributed by atoms with van der Waals surface area (Å²) in [5, 5.41) is 16.2. The Kier molecular flexibility index (Phi) is 3.58. The average molecular weight is 244 g/mol. The molecule has 1 aromatic heterocycles. The Morgan fingerprint density at radius 2 is 2.39 bits per heavy atom. The number of halogens is 1. The van der Waals surface area contributed by atoms with Crippen molar-refractivity contribution in [2.45, 2.75) is 19.5 Å². The summed E-state index contributed by atoms with van der Waals surface area (Å²) in [6.45, 7) is 2.65. The molecular formula is C13H13FN4. The van der Waals surface area contributed by atoms with Gasteiger partial charge in [-0.25, -0.2) is 4.39 Å². The fourth-order valence-electron chi connectivity index (χ4n) is 1.73. The second-order valence-electron chi connectivity index (χ2n) is 4.08. The van der Waals surface area contributed by atoms with Crippen molar-refractivity contribution < 1.29 is 4.39 Å². The number of rotatable bonds is 4. The summed E-state index contributed by atoms with van der Waals surface area (Å²) in [7, 11) is 0. The van der Waals surface area contributed by atoms with Crippen molar-refractivity contribution in [3.8, 4) is 6.07 Å². The Morgan fingerprint density at radius 1 is 1.56 bits per heavy atom. The second-order valence-corrected chi connectivity index (χ2v) is 4.08. The van der Waals surface area contributed by atoms with Gasteiger partial charge in [0, 0.05) is 18.4 Å². The Morgan fingerprint density at radius 3 is 3.06 bits per heavy atom. The quantitative estimate of drug-likeness (QED) is 0.898. The molecule has 0 amide bonds. The number of hydrogen-bond acceptors (Lipinski definition) is 3. The van der Waals surface area contributed by atoms with Crippen molar-refractivity contribution in [3.63, 3.8) is 0 Å². The molecule has 1 N–H and O–H groups in total. The van der Waals surface area contributed by atoms with Crippen LogP contribution in [0.4, 0.5) is 10.1 Å². The van der Waals surface area contributed by atoms with Crippen molar-refractivity contribution in [2.75, 3.05) is 5.32 Å². The molecule has 0 spiro atoms. The van der Waals surface area contributed by atoms with Crippen molar-refractivity contribution in [1.82, 2.24) is 9.78 Å². The summed E-state index contributed by atoms with van der Waals surface area (Å²) in [4.78, 5) is 0. The molecule has 0 bridgehead atoms. The second kappa shape index (κ2) is 5.32. The third-order valence-electron chi connectivity index (χ3n) is 2.52. The third-order valence-corrected chi connectivity index (χ3v) is 2.52. The van der Waals surface area contributed by atoms with E-state index in [1.807, 2.05) is 25.3 Å². The zero-order valence-electron chi connectivity index (χ0n) is 9.97. The van der Waals surface area contributed by atoms with Gasteiger partial charge < -0.3 is 5.32 Å². The van der Waals surface area contributed by atoms with Crippen LogP contribution < -0.4 is 5.32 Å². The summed E-state index contributed by atoms with van der Waals surface area (Å²) in [6, 6.07) is 8.05. The minimum atomic E-state index is -0.406. The number of nitrogens with one attached hydrogen (secondary N) is 1. The van der Waals surface area contributed by atoms with Gasteiger partial charge >= 0.3 is 0 Å². The van der Waals surface area contributed by atoms with Crippen molar-refractivity contribution in [3.05, 3.63) is 48.0 Å². The molecule has 0 radical (unpaired) electrons. The van der Waals surface area contributed by atoms with Crippen LogP contribution in [0, 0.1) is 17.1 Å². The first kappa shape index (κ1) is 12.1. The highest BCUT2D eigenvalue weighted by Crippen LogP contribution is 2.17. The minimum absolute atomic E-state index is 0.0856. The molecule has 1 unspecified atom stereocenters. The lowest BCUT2D eigenvalue weighted by Crippen LogP contribution is -2.22. The molecule has 2 rings (SSSR count). The van der Waals surface area contributed by atoms with E-state index in [0.29, 0.717) is 17.8 Å². The highest BCUT2D eigenvalue weighted by molar-refractivity contribution is 5.57. The maximum absolute atomic E-state index is 13.0. The van der Waals surface area contributed by atoms with Gasteiger partial charge in [-0.15, -0.1) is 0 Å². The number of benzene rings is 1. The molecular weight excluding hydrogens is 231 g/mol. The van der Waals surface area contributed by atoms with Gasteiger partial charge in [0.15, 0.2) is 0 Å². The molecule has 0 aliphatic carbocycles. The van der Waals surface area contributed by atoms with E-state index in [1.165, 1.54) is 12.1 Å². The normalized spacial score (nSPS) is 11.8.